The summed E-state index contributed by atoms with van der Waals surface area (Å²) < 4.78 is 26.9. The van der Waals surface area contributed by atoms with E-state index in [0.717, 1.165) is 6.42 Å². The molecule has 0 aliphatic rings. The summed E-state index contributed by atoms with van der Waals surface area (Å²) in [4.78, 5) is 0.00758. The van der Waals surface area contributed by atoms with Crippen molar-refractivity contribution < 1.29 is 8.42 Å². The number of unbranched alkanes of at least 4 members (excludes halogenated alkanes) is 1. The maximum Gasteiger partial charge on any atom is 0.242 e. The molecule has 0 unspecified atom stereocenters. The van der Waals surface area contributed by atoms with E-state index in [0.29, 0.717) is 29.0 Å². The zero-order chi connectivity index (χ0) is 13.8. The highest BCUT2D eigenvalue weighted by molar-refractivity contribution is 9.10. The minimum absolute atomic E-state index is 0.00758. The Balaban J connectivity index is 2.88. The molecule has 0 aromatic heterocycles. The third kappa shape index (κ3) is 4.36. The van der Waals surface area contributed by atoms with E-state index in [1.165, 1.54) is 12.1 Å². The molecule has 102 valence electrons. The Morgan fingerprint density at radius 3 is 2.50 bits per heavy atom. The molecule has 0 spiro atoms. The number of benzene rings is 1. The number of nitrogens with two attached hydrogens (primary N) is 1. The molecule has 0 atom stereocenters. The lowest BCUT2D eigenvalue weighted by molar-refractivity contribution is 0.577. The third-order valence-electron chi connectivity index (χ3n) is 2.19. The Kier molecular flexibility index (Phi) is 6.37. The van der Waals surface area contributed by atoms with Crippen LogP contribution in [0.5, 0.6) is 0 Å². The third-order valence-corrected chi connectivity index (χ3v) is 5.31. The first-order valence-corrected chi connectivity index (χ1v) is 8.26. The summed E-state index contributed by atoms with van der Waals surface area (Å²) in [6, 6.07) is 2.78. The lowest BCUT2D eigenvalue weighted by Gasteiger charge is -2.09. The van der Waals surface area contributed by atoms with E-state index in [2.05, 4.69) is 20.7 Å². The molecule has 0 saturated heterocycles. The van der Waals surface area contributed by atoms with Crippen LogP contribution in [0.2, 0.25) is 10.0 Å². The monoisotopic (exact) mass is 374 g/mol. The molecule has 0 aliphatic carbocycles. The van der Waals surface area contributed by atoms with E-state index in [1.54, 1.807) is 0 Å². The van der Waals surface area contributed by atoms with Crippen LogP contribution in [-0.2, 0) is 10.0 Å². The molecule has 0 amide bonds. The van der Waals surface area contributed by atoms with Gasteiger partial charge in [-0.25, -0.2) is 13.1 Å². The van der Waals surface area contributed by atoms with Crippen molar-refractivity contribution in [1.82, 2.24) is 4.72 Å². The van der Waals surface area contributed by atoms with Crippen LogP contribution in [0.25, 0.3) is 0 Å². The first kappa shape index (κ1) is 16.2. The molecule has 0 bridgehead atoms. The topological polar surface area (TPSA) is 72.2 Å². The van der Waals surface area contributed by atoms with Gasteiger partial charge in [0, 0.05) is 11.0 Å². The average Bonchev–Trinajstić information content (AvgIpc) is 2.29. The lowest BCUT2D eigenvalue weighted by atomic mass is 10.3. The van der Waals surface area contributed by atoms with Crippen molar-refractivity contribution in [1.29, 1.82) is 0 Å². The summed E-state index contributed by atoms with van der Waals surface area (Å²) in [5, 5.41) is 0.455. The zero-order valence-corrected chi connectivity index (χ0v) is 13.3. The first-order valence-electron chi connectivity index (χ1n) is 5.23. The second kappa shape index (κ2) is 7.07. The molecule has 1 aromatic carbocycles. The van der Waals surface area contributed by atoms with Crippen molar-refractivity contribution in [2.75, 3.05) is 13.1 Å². The minimum atomic E-state index is -3.62. The minimum Gasteiger partial charge on any atom is -0.330 e. The molecule has 1 rings (SSSR count). The lowest BCUT2D eigenvalue weighted by Crippen LogP contribution is -2.25. The molecule has 0 saturated carbocycles. The van der Waals surface area contributed by atoms with Gasteiger partial charge in [-0.2, -0.15) is 0 Å². The van der Waals surface area contributed by atoms with Crippen molar-refractivity contribution in [3.8, 4) is 0 Å². The second-order valence-corrected chi connectivity index (χ2v) is 6.99. The number of rotatable bonds is 6. The molecular weight excluding hydrogens is 363 g/mol. The average molecular weight is 376 g/mol. The predicted octanol–water partition coefficient (Wildman–Crippen LogP) is 2.77. The summed E-state index contributed by atoms with van der Waals surface area (Å²) in [6.45, 7) is 0.866. The van der Waals surface area contributed by atoms with Crippen molar-refractivity contribution in [2.24, 2.45) is 5.73 Å². The van der Waals surface area contributed by atoms with Crippen molar-refractivity contribution in [3.63, 3.8) is 0 Å². The van der Waals surface area contributed by atoms with Crippen LogP contribution in [0.1, 0.15) is 12.8 Å². The molecular formula is C10H13BrCl2N2O2S. The van der Waals surface area contributed by atoms with Gasteiger partial charge in [-0.3, -0.25) is 0 Å². The molecule has 18 heavy (non-hydrogen) atoms. The molecule has 8 heteroatoms. The van der Waals surface area contributed by atoms with Gasteiger partial charge in [0.15, 0.2) is 0 Å². The Bertz CT molecular complexity index is 523. The van der Waals surface area contributed by atoms with E-state index in [9.17, 15) is 8.42 Å². The van der Waals surface area contributed by atoms with Crippen LogP contribution >= 0.6 is 39.1 Å². The van der Waals surface area contributed by atoms with E-state index in [1.807, 2.05) is 0 Å². The Labute approximate surface area is 125 Å². The number of sulfonamides is 1. The number of nitrogens with one attached hydrogen (secondary N) is 1. The van der Waals surface area contributed by atoms with Gasteiger partial charge in [-0.1, -0.05) is 23.2 Å². The predicted molar refractivity (Wildman–Crippen MR) is 77.6 cm³/mol. The van der Waals surface area contributed by atoms with E-state index < -0.39 is 10.0 Å². The van der Waals surface area contributed by atoms with Crippen molar-refractivity contribution in [3.05, 3.63) is 26.7 Å². The maximum absolute atomic E-state index is 12.0. The summed E-state index contributed by atoms with van der Waals surface area (Å²) in [5.41, 5.74) is 5.33. The first-order chi connectivity index (χ1) is 8.38. The number of hydrogen-bond donors (Lipinski definition) is 2. The molecule has 0 heterocycles. The highest BCUT2D eigenvalue weighted by Gasteiger charge is 2.19. The number of hydrogen-bond acceptors (Lipinski definition) is 3. The fourth-order valence-corrected chi connectivity index (χ4v) is 3.60. The molecule has 1 aromatic rings. The molecule has 0 fully saturated rings. The number of halogens is 3. The highest BCUT2D eigenvalue weighted by Crippen LogP contribution is 2.31. The largest absolute Gasteiger partial charge is 0.330 e. The van der Waals surface area contributed by atoms with Crippen LogP contribution in [0.4, 0.5) is 0 Å². The van der Waals surface area contributed by atoms with Crippen molar-refractivity contribution in [2.45, 2.75) is 17.7 Å². The second-order valence-electron chi connectivity index (χ2n) is 3.59. The quantitative estimate of drug-likeness (QED) is 0.593. The standard InChI is InChI=1S/C10H13BrCl2N2O2S/c11-7-5-10(9(13)6-8(7)12)18(16,17)15-4-2-1-3-14/h5-6,15H,1-4,14H2. The fraction of sp³-hybridized carbons (Fsp3) is 0.400. The fourth-order valence-electron chi connectivity index (χ4n) is 1.26. The summed E-state index contributed by atoms with van der Waals surface area (Å²) in [5.74, 6) is 0. The smallest absolute Gasteiger partial charge is 0.242 e. The Hall–Kier alpha value is 0.150. The van der Waals surface area contributed by atoms with Gasteiger partial charge in [0.05, 0.1) is 10.0 Å². The zero-order valence-electron chi connectivity index (χ0n) is 9.42. The summed E-state index contributed by atoms with van der Waals surface area (Å²) >= 11 is 14.9. The van der Waals surface area contributed by atoms with Crippen LogP contribution in [0.15, 0.2) is 21.5 Å². The normalized spacial score (nSPS) is 11.8. The van der Waals surface area contributed by atoms with Gasteiger partial charge in [-0.15, -0.1) is 0 Å². The van der Waals surface area contributed by atoms with Gasteiger partial charge < -0.3 is 5.73 Å². The van der Waals surface area contributed by atoms with Gasteiger partial charge in [0.2, 0.25) is 10.0 Å². The summed E-state index contributed by atoms with van der Waals surface area (Å²) in [6.07, 6.45) is 1.45. The van der Waals surface area contributed by atoms with Crippen LogP contribution in [0, 0.1) is 0 Å². The van der Waals surface area contributed by atoms with Crippen molar-refractivity contribution >= 4 is 49.2 Å². The van der Waals surface area contributed by atoms with Gasteiger partial charge in [0.1, 0.15) is 4.90 Å². The molecule has 4 nitrogen and oxygen atoms in total. The SMILES string of the molecule is NCCCCNS(=O)(=O)c1cc(Br)c(Cl)cc1Cl. The maximum atomic E-state index is 12.0. The Morgan fingerprint density at radius 2 is 1.89 bits per heavy atom. The van der Waals surface area contributed by atoms with Gasteiger partial charge >= 0.3 is 0 Å². The van der Waals surface area contributed by atoms with E-state index in [4.69, 9.17) is 28.9 Å². The molecule has 3 N–H and O–H groups in total. The van der Waals surface area contributed by atoms with Crippen LogP contribution in [-0.4, -0.2) is 21.5 Å². The summed E-state index contributed by atoms with van der Waals surface area (Å²) in [7, 11) is -3.62. The van der Waals surface area contributed by atoms with Crippen LogP contribution < -0.4 is 10.5 Å². The van der Waals surface area contributed by atoms with Gasteiger partial charge in [0.25, 0.3) is 0 Å². The van der Waals surface area contributed by atoms with Crippen LogP contribution in [0.3, 0.4) is 0 Å². The molecule has 0 aliphatic heterocycles. The van der Waals surface area contributed by atoms with E-state index in [-0.39, 0.29) is 9.92 Å². The Morgan fingerprint density at radius 1 is 1.22 bits per heavy atom. The van der Waals surface area contributed by atoms with E-state index >= 15 is 0 Å². The highest BCUT2D eigenvalue weighted by atomic mass is 79.9. The van der Waals surface area contributed by atoms with Gasteiger partial charge in [-0.05, 0) is 47.4 Å². The molecule has 0 radical (unpaired) electrons.